The molecule has 0 aromatic carbocycles. The van der Waals surface area contributed by atoms with E-state index in [2.05, 4.69) is 31.9 Å². The van der Waals surface area contributed by atoms with Gasteiger partial charge in [0, 0.05) is 26.2 Å². The van der Waals surface area contributed by atoms with E-state index in [1.165, 1.54) is 0 Å². The van der Waals surface area contributed by atoms with E-state index in [0.717, 1.165) is 26.2 Å². The van der Waals surface area contributed by atoms with Crippen molar-refractivity contribution in [3.63, 3.8) is 0 Å². The Morgan fingerprint density at radius 1 is 0.750 bits per heavy atom. The van der Waals surface area contributed by atoms with Crippen molar-refractivity contribution >= 4 is 43.4 Å². The zero-order valence-electron chi connectivity index (χ0n) is 8.30. The highest BCUT2D eigenvalue weighted by atomic mass is 79.9. The van der Waals surface area contributed by atoms with Crippen LogP contribution in [0.3, 0.4) is 0 Å². The van der Waals surface area contributed by atoms with Crippen molar-refractivity contribution in [3.8, 4) is 0 Å². The molecule has 0 aromatic rings. The van der Waals surface area contributed by atoms with Crippen LogP contribution in [0.5, 0.6) is 0 Å². The first kappa shape index (κ1) is 10.5. The van der Waals surface area contributed by atoms with E-state index in [9.17, 15) is 9.59 Å². The van der Waals surface area contributed by atoms with Crippen LogP contribution in [0.25, 0.3) is 0 Å². The number of ketones is 2. The molecule has 0 N–H and O–H groups in total. The fourth-order valence-corrected chi connectivity index (χ4v) is 3.26. The number of allylic oxidation sites excluding steroid dienone is 2. The summed E-state index contributed by atoms with van der Waals surface area (Å²) in [7, 11) is 0. The molecule has 0 atom stereocenters. The number of Topliss-reactive ketones (excluding diaryl/α,β-unsaturated/α-hetero) is 2. The van der Waals surface area contributed by atoms with Crippen LogP contribution in [0.15, 0.2) is 20.4 Å². The minimum Gasteiger partial charge on any atom is -0.364 e. The Morgan fingerprint density at radius 2 is 1.12 bits per heavy atom. The molecule has 0 spiro atoms. The minimum atomic E-state index is -0.136. The summed E-state index contributed by atoms with van der Waals surface area (Å²) in [6.45, 7) is 3.42. The molecule has 0 bridgehead atoms. The van der Waals surface area contributed by atoms with E-state index in [4.69, 9.17) is 0 Å². The average Bonchev–Trinajstić information content (AvgIpc) is 3.06. The monoisotopic (exact) mass is 346 g/mol. The third-order valence-electron chi connectivity index (χ3n) is 2.77. The number of carbonyl (C=O) groups excluding carboxylic acids is 2. The molecule has 0 aromatic heterocycles. The molecule has 16 heavy (non-hydrogen) atoms. The molecule has 0 unspecified atom stereocenters. The van der Waals surface area contributed by atoms with Crippen molar-refractivity contribution in [1.82, 2.24) is 9.80 Å². The van der Waals surface area contributed by atoms with E-state index in [0.29, 0.717) is 20.4 Å². The van der Waals surface area contributed by atoms with Gasteiger partial charge in [-0.05, 0) is 31.9 Å². The number of nitrogens with zero attached hydrogens (tertiary/aromatic N) is 2. The third-order valence-corrected chi connectivity index (χ3v) is 4.24. The Balaban J connectivity index is 2.07. The Hall–Kier alpha value is -0.620. The maximum atomic E-state index is 12.2. The zero-order chi connectivity index (χ0) is 11.4. The zero-order valence-corrected chi connectivity index (χ0v) is 11.5. The maximum absolute atomic E-state index is 12.2. The molecular weight excluding hydrogens is 340 g/mol. The van der Waals surface area contributed by atoms with Crippen LogP contribution in [0.2, 0.25) is 0 Å². The molecule has 6 heteroatoms. The Kier molecular flexibility index (Phi) is 2.26. The quantitative estimate of drug-likeness (QED) is 0.551. The molecule has 3 rings (SSSR count). The molecule has 84 valence electrons. The summed E-state index contributed by atoms with van der Waals surface area (Å²) < 4.78 is 0.764. The summed E-state index contributed by atoms with van der Waals surface area (Å²) in [6.07, 6.45) is 0. The summed E-state index contributed by atoms with van der Waals surface area (Å²) in [5.74, 6) is -0.184. The van der Waals surface area contributed by atoms with Gasteiger partial charge < -0.3 is 9.80 Å². The van der Waals surface area contributed by atoms with Gasteiger partial charge in [0.25, 0.3) is 0 Å². The Bertz CT molecular complexity index is 433. The van der Waals surface area contributed by atoms with Crippen LogP contribution in [0.4, 0.5) is 0 Å². The van der Waals surface area contributed by atoms with Gasteiger partial charge in [0.1, 0.15) is 11.4 Å². The smallest absolute Gasteiger partial charge is 0.227 e. The summed E-state index contributed by atoms with van der Waals surface area (Å²) >= 11 is 6.45. The molecular formula is C10H8Br2N2O2. The third kappa shape index (κ3) is 1.47. The van der Waals surface area contributed by atoms with Crippen LogP contribution in [-0.4, -0.2) is 47.5 Å². The summed E-state index contributed by atoms with van der Waals surface area (Å²) in [6, 6.07) is 0. The van der Waals surface area contributed by atoms with Crippen molar-refractivity contribution < 1.29 is 9.59 Å². The number of hydrogen-bond donors (Lipinski definition) is 0. The van der Waals surface area contributed by atoms with Gasteiger partial charge in [0.15, 0.2) is 0 Å². The number of hydrogen-bond acceptors (Lipinski definition) is 4. The molecule has 0 radical (unpaired) electrons. The highest BCUT2D eigenvalue weighted by molar-refractivity contribution is 9.13. The molecule has 2 fully saturated rings. The number of carbonyl (C=O) groups is 2. The van der Waals surface area contributed by atoms with Crippen molar-refractivity contribution in [1.29, 1.82) is 0 Å². The highest BCUT2D eigenvalue weighted by Gasteiger charge is 2.42. The first-order valence-electron chi connectivity index (χ1n) is 5.00. The standard InChI is InChI=1S/C10H8Br2N2O2/c11-5-7(13-1-2-13)10(16)8(14-3-4-14)6(12)9(5)15/h1-4H2. The van der Waals surface area contributed by atoms with Gasteiger partial charge in [-0.3, -0.25) is 9.59 Å². The Morgan fingerprint density at radius 3 is 1.44 bits per heavy atom. The van der Waals surface area contributed by atoms with Crippen LogP contribution >= 0.6 is 31.9 Å². The molecule has 1 aliphatic carbocycles. The van der Waals surface area contributed by atoms with Gasteiger partial charge in [0.2, 0.25) is 11.6 Å². The first-order valence-corrected chi connectivity index (χ1v) is 6.58. The lowest BCUT2D eigenvalue weighted by Gasteiger charge is -2.20. The SMILES string of the molecule is O=C1C(Br)=C(N2CC2)C(=O)C(N2CC2)=C1Br. The molecule has 2 heterocycles. The van der Waals surface area contributed by atoms with Gasteiger partial charge in [-0.1, -0.05) is 0 Å². The van der Waals surface area contributed by atoms with E-state index in [1.54, 1.807) is 0 Å². The van der Waals surface area contributed by atoms with Gasteiger partial charge in [-0.2, -0.15) is 0 Å². The van der Waals surface area contributed by atoms with Crippen LogP contribution in [0, 0.1) is 0 Å². The normalized spacial score (nSPS) is 24.6. The van der Waals surface area contributed by atoms with Crippen molar-refractivity contribution in [2.75, 3.05) is 26.2 Å². The van der Waals surface area contributed by atoms with Crippen LogP contribution in [0.1, 0.15) is 0 Å². The summed E-state index contributed by atoms with van der Waals surface area (Å²) in [4.78, 5) is 28.0. The fraction of sp³-hybridized carbons (Fsp3) is 0.400. The molecule has 0 amide bonds. The van der Waals surface area contributed by atoms with E-state index >= 15 is 0 Å². The maximum Gasteiger partial charge on any atom is 0.227 e. The minimum absolute atomic E-state index is 0.0478. The largest absolute Gasteiger partial charge is 0.364 e. The van der Waals surface area contributed by atoms with Crippen molar-refractivity contribution in [3.05, 3.63) is 20.4 Å². The second-order valence-electron chi connectivity index (χ2n) is 3.96. The van der Waals surface area contributed by atoms with Crippen LogP contribution < -0.4 is 0 Å². The number of rotatable bonds is 2. The average molecular weight is 348 g/mol. The van der Waals surface area contributed by atoms with Crippen molar-refractivity contribution in [2.45, 2.75) is 0 Å². The lowest BCUT2D eigenvalue weighted by atomic mass is 10.1. The van der Waals surface area contributed by atoms with Gasteiger partial charge in [-0.25, -0.2) is 0 Å². The van der Waals surface area contributed by atoms with Gasteiger partial charge in [-0.15, -0.1) is 0 Å². The molecule has 3 aliphatic rings. The second-order valence-corrected chi connectivity index (χ2v) is 5.54. The molecule has 0 saturated carbocycles. The molecule has 2 aliphatic heterocycles. The fourth-order valence-electron chi connectivity index (χ4n) is 1.73. The first-order chi connectivity index (χ1) is 7.61. The summed E-state index contributed by atoms with van der Waals surface area (Å²) in [5.41, 5.74) is 1.05. The van der Waals surface area contributed by atoms with E-state index in [1.807, 2.05) is 9.80 Å². The predicted molar refractivity (Wildman–Crippen MR) is 65.1 cm³/mol. The Labute approximate surface area is 109 Å². The van der Waals surface area contributed by atoms with Crippen molar-refractivity contribution in [2.24, 2.45) is 0 Å². The van der Waals surface area contributed by atoms with E-state index < -0.39 is 0 Å². The number of halogens is 2. The topological polar surface area (TPSA) is 40.2 Å². The molecule has 4 nitrogen and oxygen atoms in total. The molecule has 2 saturated heterocycles. The second kappa shape index (κ2) is 3.43. The predicted octanol–water partition coefficient (Wildman–Crippen LogP) is 0.982. The van der Waals surface area contributed by atoms with E-state index in [-0.39, 0.29) is 11.6 Å². The lowest BCUT2D eigenvalue weighted by Crippen LogP contribution is -2.27. The van der Waals surface area contributed by atoms with Crippen LogP contribution in [-0.2, 0) is 9.59 Å². The lowest BCUT2D eigenvalue weighted by molar-refractivity contribution is -0.117. The highest BCUT2D eigenvalue weighted by Crippen LogP contribution is 2.38. The summed E-state index contributed by atoms with van der Waals surface area (Å²) in [5, 5.41) is 0. The van der Waals surface area contributed by atoms with Gasteiger partial charge >= 0.3 is 0 Å². The van der Waals surface area contributed by atoms with Gasteiger partial charge in [0.05, 0.1) is 8.96 Å².